The molecule has 4 nitrogen and oxygen atoms in total. The van der Waals surface area contributed by atoms with Crippen LogP contribution in [0.5, 0.6) is 0 Å². The van der Waals surface area contributed by atoms with Gasteiger partial charge in [0.2, 0.25) is 0 Å². The topological polar surface area (TPSA) is 52.6 Å². The molecule has 0 aliphatic carbocycles. The Morgan fingerprint density at radius 1 is 0.938 bits per heavy atom. The van der Waals surface area contributed by atoms with Crippen LogP contribution in [0.15, 0.2) is 0 Å². The first-order valence-corrected chi connectivity index (χ1v) is 5.65. The minimum Gasteiger partial charge on any atom is -0.352 e. The fraction of sp³-hybridized carbons (Fsp3) is 0.833. The Labute approximate surface area is 97.3 Å². The highest BCUT2D eigenvalue weighted by atomic mass is 16.7. The number of Topliss-reactive ketones (excluding diaryl/α,β-unsaturated/α-hetero) is 2. The molecular weight excluding hydrogens is 208 g/mol. The van der Waals surface area contributed by atoms with Crippen molar-refractivity contribution in [2.45, 2.75) is 46.8 Å². The van der Waals surface area contributed by atoms with Crippen molar-refractivity contribution in [3.05, 3.63) is 0 Å². The molecule has 0 aromatic heterocycles. The second-order valence-corrected chi connectivity index (χ2v) is 4.26. The van der Waals surface area contributed by atoms with E-state index >= 15 is 0 Å². The monoisotopic (exact) mass is 230 g/mol. The summed E-state index contributed by atoms with van der Waals surface area (Å²) in [5.41, 5.74) is 0. The van der Waals surface area contributed by atoms with Crippen molar-refractivity contribution in [1.82, 2.24) is 0 Å². The molecule has 0 saturated heterocycles. The first-order valence-electron chi connectivity index (χ1n) is 5.65. The number of carbonyl (C=O) groups is 2. The molecule has 0 aromatic carbocycles. The van der Waals surface area contributed by atoms with E-state index in [1.165, 1.54) is 13.8 Å². The molecule has 94 valence electrons. The van der Waals surface area contributed by atoms with E-state index in [2.05, 4.69) is 0 Å². The third kappa shape index (κ3) is 8.56. The van der Waals surface area contributed by atoms with E-state index in [9.17, 15) is 9.59 Å². The molecule has 0 rings (SSSR count). The van der Waals surface area contributed by atoms with Gasteiger partial charge in [-0.25, -0.2) is 0 Å². The number of hydrogen-bond donors (Lipinski definition) is 0. The first-order chi connectivity index (χ1) is 7.43. The summed E-state index contributed by atoms with van der Waals surface area (Å²) in [6.07, 6.45) is 0.470. The molecule has 0 bridgehead atoms. The molecule has 0 aliphatic rings. The molecule has 0 saturated carbocycles. The van der Waals surface area contributed by atoms with Gasteiger partial charge < -0.3 is 9.47 Å². The summed E-state index contributed by atoms with van der Waals surface area (Å²) in [5, 5.41) is 0. The smallest absolute Gasteiger partial charge is 0.159 e. The van der Waals surface area contributed by atoms with Gasteiger partial charge in [0, 0.05) is 18.8 Å². The third-order valence-electron chi connectivity index (χ3n) is 2.02. The van der Waals surface area contributed by atoms with Crippen LogP contribution in [0.25, 0.3) is 0 Å². The average Bonchev–Trinajstić information content (AvgIpc) is 2.14. The van der Waals surface area contributed by atoms with Crippen LogP contribution in [0.2, 0.25) is 0 Å². The number of carbonyl (C=O) groups excluding carboxylic acids is 2. The molecule has 0 atom stereocenters. The maximum atomic E-state index is 10.7. The normalized spacial score (nSPS) is 11.1. The van der Waals surface area contributed by atoms with Gasteiger partial charge in [-0.05, 0) is 13.8 Å². The second kappa shape index (κ2) is 8.42. The SMILES string of the molecule is CC(=O)CCOC(OCCC(C)=O)C(C)C. The minimum absolute atomic E-state index is 0.103. The van der Waals surface area contributed by atoms with E-state index in [4.69, 9.17) is 9.47 Å². The van der Waals surface area contributed by atoms with Crippen molar-refractivity contribution in [2.75, 3.05) is 13.2 Å². The predicted molar refractivity (Wildman–Crippen MR) is 61.1 cm³/mol. The summed E-state index contributed by atoms with van der Waals surface area (Å²) < 4.78 is 10.9. The van der Waals surface area contributed by atoms with Crippen LogP contribution in [0, 0.1) is 5.92 Å². The van der Waals surface area contributed by atoms with E-state index in [0.717, 1.165) is 0 Å². The average molecular weight is 230 g/mol. The molecular formula is C12H22O4. The van der Waals surface area contributed by atoms with E-state index in [-0.39, 0.29) is 23.8 Å². The van der Waals surface area contributed by atoms with Gasteiger partial charge in [-0.1, -0.05) is 13.8 Å². The van der Waals surface area contributed by atoms with E-state index in [1.54, 1.807) is 0 Å². The van der Waals surface area contributed by atoms with Crippen LogP contribution in [0.1, 0.15) is 40.5 Å². The van der Waals surface area contributed by atoms with Crippen molar-refractivity contribution >= 4 is 11.6 Å². The van der Waals surface area contributed by atoms with Crippen LogP contribution in [0.3, 0.4) is 0 Å². The summed E-state index contributed by atoms with van der Waals surface area (Å²) >= 11 is 0. The molecule has 0 heterocycles. The standard InChI is InChI=1S/C12H22O4/c1-9(2)12(15-7-5-10(3)13)16-8-6-11(4)14/h9,12H,5-8H2,1-4H3. The minimum atomic E-state index is -0.335. The number of hydrogen-bond acceptors (Lipinski definition) is 4. The third-order valence-corrected chi connectivity index (χ3v) is 2.02. The van der Waals surface area contributed by atoms with Crippen molar-refractivity contribution in [3.63, 3.8) is 0 Å². The summed E-state index contributed by atoms with van der Waals surface area (Å²) in [6.45, 7) is 7.77. The highest BCUT2D eigenvalue weighted by Crippen LogP contribution is 2.09. The van der Waals surface area contributed by atoms with Gasteiger partial charge >= 0.3 is 0 Å². The fourth-order valence-electron chi connectivity index (χ4n) is 1.07. The Hall–Kier alpha value is -0.740. The Morgan fingerprint density at radius 3 is 1.56 bits per heavy atom. The molecule has 0 unspecified atom stereocenters. The predicted octanol–water partition coefficient (Wildman–Crippen LogP) is 1.96. The van der Waals surface area contributed by atoms with Crippen molar-refractivity contribution in [2.24, 2.45) is 5.92 Å². The Balaban J connectivity index is 3.79. The molecule has 0 N–H and O–H groups in total. The van der Waals surface area contributed by atoms with E-state index < -0.39 is 0 Å². The summed E-state index contributed by atoms with van der Waals surface area (Å²) in [6, 6.07) is 0. The van der Waals surface area contributed by atoms with Crippen LogP contribution in [-0.2, 0) is 19.1 Å². The zero-order valence-corrected chi connectivity index (χ0v) is 10.6. The zero-order chi connectivity index (χ0) is 12.6. The Morgan fingerprint density at radius 2 is 1.31 bits per heavy atom. The maximum Gasteiger partial charge on any atom is 0.159 e. The van der Waals surface area contributed by atoms with Crippen LogP contribution < -0.4 is 0 Å². The summed E-state index contributed by atoms with van der Waals surface area (Å²) in [4.78, 5) is 21.5. The Bertz CT molecular complexity index is 203. The number of ketones is 2. The largest absolute Gasteiger partial charge is 0.352 e. The number of rotatable bonds is 9. The van der Waals surface area contributed by atoms with Gasteiger partial charge in [0.1, 0.15) is 11.6 Å². The maximum absolute atomic E-state index is 10.7. The molecule has 0 aliphatic heterocycles. The number of ether oxygens (including phenoxy) is 2. The van der Waals surface area contributed by atoms with Crippen LogP contribution in [-0.4, -0.2) is 31.1 Å². The van der Waals surface area contributed by atoms with E-state index in [0.29, 0.717) is 26.1 Å². The molecule has 0 fully saturated rings. The molecule has 0 spiro atoms. The summed E-state index contributed by atoms with van der Waals surface area (Å²) in [5.74, 6) is 0.413. The van der Waals surface area contributed by atoms with Crippen molar-refractivity contribution in [3.8, 4) is 0 Å². The lowest BCUT2D eigenvalue weighted by atomic mass is 10.2. The van der Waals surface area contributed by atoms with Crippen LogP contribution >= 0.6 is 0 Å². The van der Waals surface area contributed by atoms with E-state index in [1.807, 2.05) is 13.8 Å². The lowest BCUT2D eigenvalue weighted by molar-refractivity contribution is -0.168. The van der Waals surface area contributed by atoms with Gasteiger partial charge in [0.05, 0.1) is 13.2 Å². The van der Waals surface area contributed by atoms with Gasteiger partial charge in [0.25, 0.3) is 0 Å². The highest BCUT2D eigenvalue weighted by molar-refractivity contribution is 5.75. The Kier molecular flexibility index (Phi) is 8.03. The van der Waals surface area contributed by atoms with Gasteiger partial charge in [0.15, 0.2) is 6.29 Å². The molecule has 16 heavy (non-hydrogen) atoms. The first kappa shape index (κ1) is 15.3. The molecule has 4 heteroatoms. The molecule has 0 aromatic rings. The highest BCUT2D eigenvalue weighted by Gasteiger charge is 2.14. The van der Waals surface area contributed by atoms with Gasteiger partial charge in [-0.3, -0.25) is 9.59 Å². The van der Waals surface area contributed by atoms with Crippen molar-refractivity contribution in [1.29, 1.82) is 0 Å². The summed E-state index contributed by atoms with van der Waals surface area (Å²) in [7, 11) is 0. The second-order valence-electron chi connectivity index (χ2n) is 4.26. The van der Waals surface area contributed by atoms with Gasteiger partial charge in [-0.15, -0.1) is 0 Å². The van der Waals surface area contributed by atoms with Crippen molar-refractivity contribution < 1.29 is 19.1 Å². The van der Waals surface area contributed by atoms with Crippen LogP contribution in [0.4, 0.5) is 0 Å². The quantitative estimate of drug-likeness (QED) is 0.568. The lowest BCUT2D eigenvalue weighted by Gasteiger charge is -2.21. The zero-order valence-electron chi connectivity index (χ0n) is 10.6. The lowest BCUT2D eigenvalue weighted by Crippen LogP contribution is -2.25. The molecule has 0 radical (unpaired) electrons. The van der Waals surface area contributed by atoms with Gasteiger partial charge in [-0.2, -0.15) is 0 Å². The molecule has 0 amide bonds. The fourth-order valence-corrected chi connectivity index (χ4v) is 1.07.